The van der Waals surface area contributed by atoms with Gasteiger partial charge in [0.15, 0.2) is 0 Å². The first-order valence-corrected chi connectivity index (χ1v) is 6.75. The van der Waals surface area contributed by atoms with Gasteiger partial charge < -0.3 is 15.4 Å². The number of alkyl carbamates (subject to hydrolysis) is 1. The monoisotopic (exact) mass is 291 g/mol. The number of nitrogens with one attached hydrogen (secondary N) is 2. The number of aromatic nitrogens is 2. The number of carbonyl (C=O) groups is 1. The third-order valence-corrected chi connectivity index (χ3v) is 2.43. The van der Waals surface area contributed by atoms with Crippen LogP contribution in [0.15, 0.2) is 12.4 Å². The van der Waals surface area contributed by atoms with Crippen molar-refractivity contribution in [1.29, 1.82) is 5.26 Å². The van der Waals surface area contributed by atoms with Crippen LogP contribution in [0.2, 0.25) is 0 Å². The lowest BCUT2D eigenvalue weighted by Crippen LogP contribution is -2.38. The molecule has 0 saturated heterocycles. The van der Waals surface area contributed by atoms with E-state index in [1.807, 2.05) is 33.8 Å². The second-order valence-electron chi connectivity index (χ2n) is 5.66. The quantitative estimate of drug-likeness (QED) is 0.861. The number of anilines is 1. The highest BCUT2D eigenvalue weighted by atomic mass is 16.6. The van der Waals surface area contributed by atoms with E-state index in [-0.39, 0.29) is 6.04 Å². The van der Waals surface area contributed by atoms with Gasteiger partial charge in [-0.2, -0.15) is 5.26 Å². The Labute approximate surface area is 124 Å². The first-order chi connectivity index (χ1) is 9.80. The molecule has 0 bridgehead atoms. The Balaban J connectivity index is 2.32. The molecule has 0 saturated carbocycles. The Morgan fingerprint density at radius 3 is 2.81 bits per heavy atom. The molecule has 7 heteroatoms. The van der Waals surface area contributed by atoms with E-state index in [1.165, 1.54) is 6.33 Å². The average Bonchev–Trinajstić information content (AvgIpc) is 2.36. The second kappa shape index (κ2) is 7.43. The van der Waals surface area contributed by atoms with Gasteiger partial charge in [0, 0.05) is 18.7 Å². The molecule has 2 N–H and O–H groups in total. The van der Waals surface area contributed by atoms with Crippen molar-refractivity contribution in [2.75, 3.05) is 11.9 Å². The van der Waals surface area contributed by atoms with Crippen molar-refractivity contribution in [3.05, 3.63) is 18.1 Å². The molecule has 0 fully saturated rings. The van der Waals surface area contributed by atoms with Crippen molar-refractivity contribution in [2.45, 2.75) is 45.8 Å². The van der Waals surface area contributed by atoms with Gasteiger partial charge in [0.2, 0.25) is 0 Å². The predicted octanol–water partition coefficient (Wildman–Crippen LogP) is 2.06. The summed E-state index contributed by atoms with van der Waals surface area (Å²) in [5, 5.41) is 14.6. The van der Waals surface area contributed by atoms with Crippen LogP contribution in [-0.4, -0.2) is 34.2 Å². The van der Waals surface area contributed by atoms with E-state index in [0.717, 1.165) is 0 Å². The normalized spacial score (nSPS) is 12.1. The fraction of sp³-hybridized carbons (Fsp3) is 0.571. The molecule has 1 atom stereocenters. The highest BCUT2D eigenvalue weighted by Gasteiger charge is 2.17. The van der Waals surface area contributed by atoms with Crippen LogP contribution in [-0.2, 0) is 4.74 Å². The fourth-order valence-corrected chi connectivity index (χ4v) is 1.51. The van der Waals surface area contributed by atoms with Crippen molar-refractivity contribution in [3.63, 3.8) is 0 Å². The highest BCUT2D eigenvalue weighted by Crippen LogP contribution is 2.07. The molecule has 1 amide bonds. The van der Waals surface area contributed by atoms with E-state index < -0.39 is 11.7 Å². The fourth-order valence-electron chi connectivity index (χ4n) is 1.51. The van der Waals surface area contributed by atoms with Gasteiger partial charge in [-0.1, -0.05) is 0 Å². The summed E-state index contributed by atoms with van der Waals surface area (Å²) in [6, 6.07) is 3.49. The topological polar surface area (TPSA) is 99.9 Å². The third kappa shape index (κ3) is 7.11. The van der Waals surface area contributed by atoms with Crippen LogP contribution in [0, 0.1) is 11.3 Å². The van der Waals surface area contributed by atoms with Crippen molar-refractivity contribution in [3.8, 4) is 6.07 Å². The predicted molar refractivity (Wildman–Crippen MR) is 78.7 cm³/mol. The minimum Gasteiger partial charge on any atom is -0.444 e. The lowest BCUT2D eigenvalue weighted by molar-refractivity contribution is 0.0507. The van der Waals surface area contributed by atoms with E-state index >= 15 is 0 Å². The molecule has 0 radical (unpaired) electrons. The number of nitrogens with zero attached hydrogens (tertiary/aromatic N) is 3. The van der Waals surface area contributed by atoms with Crippen LogP contribution >= 0.6 is 0 Å². The number of amides is 1. The zero-order chi connectivity index (χ0) is 15.9. The van der Waals surface area contributed by atoms with E-state index in [2.05, 4.69) is 20.6 Å². The second-order valence-corrected chi connectivity index (χ2v) is 5.66. The molecule has 21 heavy (non-hydrogen) atoms. The van der Waals surface area contributed by atoms with Crippen LogP contribution in [0.3, 0.4) is 0 Å². The number of hydrogen-bond donors (Lipinski definition) is 2. The first kappa shape index (κ1) is 16.7. The van der Waals surface area contributed by atoms with Crippen molar-refractivity contribution in [1.82, 2.24) is 15.3 Å². The first-order valence-electron chi connectivity index (χ1n) is 6.75. The van der Waals surface area contributed by atoms with Crippen molar-refractivity contribution >= 4 is 11.9 Å². The van der Waals surface area contributed by atoms with Crippen molar-refractivity contribution in [2.24, 2.45) is 0 Å². The molecule has 1 aromatic heterocycles. The molecule has 114 valence electrons. The molecule has 0 aromatic carbocycles. The molecule has 1 rings (SSSR count). The Morgan fingerprint density at radius 1 is 1.48 bits per heavy atom. The Hall–Kier alpha value is -2.36. The van der Waals surface area contributed by atoms with Crippen LogP contribution in [0.5, 0.6) is 0 Å². The summed E-state index contributed by atoms with van der Waals surface area (Å²) in [5.41, 5.74) is -0.191. The number of carbonyl (C=O) groups excluding carboxylic acids is 1. The Morgan fingerprint density at radius 2 is 2.19 bits per heavy atom. The molecule has 0 aliphatic rings. The number of nitriles is 1. The maximum atomic E-state index is 11.6. The van der Waals surface area contributed by atoms with Gasteiger partial charge in [-0.15, -0.1) is 0 Å². The third-order valence-electron chi connectivity index (χ3n) is 2.43. The van der Waals surface area contributed by atoms with Crippen molar-refractivity contribution < 1.29 is 9.53 Å². The molecule has 1 aromatic rings. The summed E-state index contributed by atoms with van der Waals surface area (Å²) < 4.78 is 5.18. The van der Waals surface area contributed by atoms with Gasteiger partial charge in [-0.05, 0) is 34.1 Å². The van der Waals surface area contributed by atoms with Gasteiger partial charge in [-0.3, -0.25) is 0 Å². The zero-order valence-corrected chi connectivity index (χ0v) is 12.8. The van der Waals surface area contributed by atoms with E-state index in [0.29, 0.717) is 24.5 Å². The molecule has 1 heterocycles. The lowest BCUT2D eigenvalue weighted by Gasteiger charge is -2.22. The summed E-state index contributed by atoms with van der Waals surface area (Å²) in [5.74, 6) is 0.589. The van der Waals surface area contributed by atoms with E-state index in [9.17, 15) is 4.79 Å². The van der Waals surface area contributed by atoms with Gasteiger partial charge >= 0.3 is 6.09 Å². The minimum atomic E-state index is -0.503. The maximum Gasteiger partial charge on any atom is 0.407 e. The van der Waals surface area contributed by atoms with Gasteiger partial charge in [-0.25, -0.2) is 14.8 Å². The highest BCUT2D eigenvalue weighted by molar-refractivity contribution is 5.68. The van der Waals surface area contributed by atoms with Crippen LogP contribution in [0.25, 0.3) is 0 Å². The zero-order valence-electron chi connectivity index (χ0n) is 12.8. The molecular weight excluding hydrogens is 270 g/mol. The summed E-state index contributed by atoms with van der Waals surface area (Å²) >= 11 is 0. The number of ether oxygens (including phenoxy) is 1. The standard InChI is InChI=1S/C14H21N5O2/c1-10(19-13(20)21-14(2,3)4)5-6-16-12-7-11(8-15)17-9-18-12/h7,9-10H,5-6H2,1-4H3,(H,19,20)(H,16,17,18)/t10-/m0/s1. The largest absolute Gasteiger partial charge is 0.444 e. The van der Waals surface area contributed by atoms with E-state index in [4.69, 9.17) is 10.00 Å². The molecule has 0 unspecified atom stereocenters. The van der Waals surface area contributed by atoms with Gasteiger partial charge in [0.1, 0.15) is 29.5 Å². The molecular formula is C14H21N5O2. The molecule has 7 nitrogen and oxygen atoms in total. The smallest absolute Gasteiger partial charge is 0.407 e. The van der Waals surface area contributed by atoms with E-state index in [1.54, 1.807) is 6.07 Å². The number of hydrogen-bond acceptors (Lipinski definition) is 6. The summed E-state index contributed by atoms with van der Waals surface area (Å²) in [6.45, 7) is 7.97. The number of rotatable bonds is 5. The molecule has 0 aliphatic heterocycles. The summed E-state index contributed by atoms with van der Waals surface area (Å²) in [4.78, 5) is 19.4. The molecule has 0 aliphatic carbocycles. The van der Waals surface area contributed by atoms with Crippen LogP contribution in [0.4, 0.5) is 10.6 Å². The maximum absolute atomic E-state index is 11.6. The summed E-state index contributed by atoms with van der Waals surface area (Å²) in [6.07, 6.45) is 1.61. The SMILES string of the molecule is C[C@@H](CCNc1cc(C#N)ncn1)NC(=O)OC(C)(C)C. The van der Waals surface area contributed by atoms with Crippen LogP contribution < -0.4 is 10.6 Å². The minimum absolute atomic E-state index is 0.0374. The van der Waals surface area contributed by atoms with Gasteiger partial charge in [0.05, 0.1) is 0 Å². The summed E-state index contributed by atoms with van der Waals surface area (Å²) in [7, 11) is 0. The Bertz CT molecular complexity index is 519. The Kier molecular flexibility index (Phi) is 5.91. The van der Waals surface area contributed by atoms with Crippen LogP contribution in [0.1, 0.15) is 39.8 Å². The van der Waals surface area contributed by atoms with Gasteiger partial charge in [0.25, 0.3) is 0 Å². The average molecular weight is 291 g/mol. The molecule has 0 spiro atoms. The lowest BCUT2D eigenvalue weighted by atomic mass is 10.2.